The number of halogens is 1. The van der Waals surface area contributed by atoms with Crippen molar-refractivity contribution in [2.45, 2.75) is 19.3 Å². The number of rotatable bonds is 7. The highest BCUT2D eigenvalue weighted by atomic mass is 35.5. The monoisotopic (exact) mass is 217 g/mol. The molecule has 0 unspecified atom stereocenters. The molecule has 0 aliphatic carbocycles. The summed E-state index contributed by atoms with van der Waals surface area (Å²) in [6.45, 7) is 0.257. The number of amides is 1. The number of hydrogen-bond acceptors (Lipinski definition) is 2. The topological polar surface area (TPSA) is 52.3 Å². The first-order valence-electron chi connectivity index (χ1n) is 4.55. The van der Waals surface area contributed by atoms with Gasteiger partial charge in [-0.05, 0) is 19.3 Å². The number of alkyl halides is 1. The maximum absolute atomic E-state index is 10.2. The highest BCUT2D eigenvalue weighted by Gasteiger charge is 1.87. The van der Waals surface area contributed by atoms with Crippen molar-refractivity contribution >= 4 is 17.7 Å². The van der Waals surface area contributed by atoms with Crippen LogP contribution in [0.25, 0.3) is 0 Å². The second kappa shape index (κ2) is 10.1. The molecule has 0 aromatic heterocycles. The van der Waals surface area contributed by atoms with Gasteiger partial charge in [0.1, 0.15) is 6.61 Å². The van der Waals surface area contributed by atoms with Crippen LogP contribution in [-0.2, 0) is 4.74 Å². The summed E-state index contributed by atoms with van der Waals surface area (Å²) in [5, 5.41) is 0. The number of ether oxygens (including phenoxy) is 1. The number of primary amides is 1. The Labute approximate surface area is 89.6 Å². The van der Waals surface area contributed by atoms with E-state index in [2.05, 4.69) is 10.8 Å². The first-order chi connectivity index (χ1) is 6.77. The average Bonchev–Trinajstić information content (AvgIpc) is 2.15. The fourth-order valence-electron chi connectivity index (χ4n) is 0.851. The summed E-state index contributed by atoms with van der Waals surface area (Å²) in [4.78, 5) is 10.2. The van der Waals surface area contributed by atoms with E-state index in [1.807, 2.05) is 12.2 Å². The lowest BCUT2D eigenvalue weighted by atomic mass is 10.2. The Balaban J connectivity index is 3.18. The summed E-state index contributed by atoms with van der Waals surface area (Å²) in [6.07, 6.45) is 10.1. The van der Waals surface area contributed by atoms with Gasteiger partial charge >= 0.3 is 6.09 Å². The molecule has 0 saturated heterocycles. The van der Waals surface area contributed by atoms with Crippen molar-refractivity contribution in [1.82, 2.24) is 0 Å². The standard InChI is InChI=1S/C10H16ClNO2/c11-8-6-4-2-1-3-5-7-9-14-10(12)13/h4-7H,1-3,8-9H2,(H2,12,13). The van der Waals surface area contributed by atoms with Gasteiger partial charge in [-0.1, -0.05) is 24.3 Å². The van der Waals surface area contributed by atoms with E-state index in [0.717, 1.165) is 19.3 Å². The molecule has 14 heavy (non-hydrogen) atoms. The predicted octanol–water partition coefficient (Wildman–Crippen LogP) is 2.60. The second-order valence-corrected chi connectivity index (χ2v) is 2.97. The van der Waals surface area contributed by atoms with Crippen molar-refractivity contribution in [3.63, 3.8) is 0 Å². The summed E-state index contributed by atoms with van der Waals surface area (Å²) >= 11 is 5.45. The number of allylic oxidation sites excluding steroid dienone is 3. The van der Waals surface area contributed by atoms with Gasteiger partial charge in [0.2, 0.25) is 0 Å². The SMILES string of the molecule is NC(=O)OCC=CCCCC=CCCl. The fraction of sp³-hybridized carbons (Fsp3) is 0.500. The van der Waals surface area contributed by atoms with Gasteiger partial charge in [0.25, 0.3) is 0 Å². The van der Waals surface area contributed by atoms with E-state index in [1.54, 1.807) is 6.08 Å². The molecule has 0 heterocycles. The largest absolute Gasteiger partial charge is 0.445 e. The molecule has 2 N–H and O–H groups in total. The van der Waals surface area contributed by atoms with Crippen LogP contribution in [-0.4, -0.2) is 18.6 Å². The summed E-state index contributed by atoms with van der Waals surface area (Å²) in [6, 6.07) is 0. The van der Waals surface area contributed by atoms with Crippen molar-refractivity contribution in [3.8, 4) is 0 Å². The fourth-order valence-corrected chi connectivity index (χ4v) is 0.977. The van der Waals surface area contributed by atoms with Gasteiger partial charge in [-0.3, -0.25) is 0 Å². The van der Waals surface area contributed by atoms with Crippen molar-refractivity contribution in [2.75, 3.05) is 12.5 Å². The zero-order valence-corrected chi connectivity index (χ0v) is 8.87. The van der Waals surface area contributed by atoms with E-state index in [-0.39, 0.29) is 6.61 Å². The lowest BCUT2D eigenvalue weighted by molar-refractivity contribution is 0.169. The van der Waals surface area contributed by atoms with Crippen LogP contribution in [0.4, 0.5) is 4.79 Å². The van der Waals surface area contributed by atoms with Crippen molar-refractivity contribution in [2.24, 2.45) is 5.73 Å². The molecule has 0 spiro atoms. The summed E-state index contributed by atoms with van der Waals surface area (Å²) in [5.41, 5.74) is 4.77. The van der Waals surface area contributed by atoms with E-state index in [9.17, 15) is 4.79 Å². The number of carbonyl (C=O) groups excluding carboxylic acids is 1. The molecular formula is C10H16ClNO2. The Morgan fingerprint density at radius 3 is 2.43 bits per heavy atom. The third kappa shape index (κ3) is 11.0. The zero-order valence-electron chi connectivity index (χ0n) is 8.12. The van der Waals surface area contributed by atoms with Crippen LogP contribution < -0.4 is 5.73 Å². The number of hydrogen-bond donors (Lipinski definition) is 1. The van der Waals surface area contributed by atoms with E-state index < -0.39 is 6.09 Å². The Morgan fingerprint density at radius 2 is 1.86 bits per heavy atom. The third-order valence-electron chi connectivity index (χ3n) is 1.49. The molecule has 0 radical (unpaired) electrons. The van der Waals surface area contributed by atoms with E-state index in [0.29, 0.717) is 5.88 Å². The molecule has 0 atom stereocenters. The smallest absolute Gasteiger partial charge is 0.404 e. The van der Waals surface area contributed by atoms with Gasteiger partial charge in [-0.2, -0.15) is 0 Å². The molecule has 0 aromatic rings. The first kappa shape index (κ1) is 13.0. The molecular weight excluding hydrogens is 202 g/mol. The maximum atomic E-state index is 10.2. The van der Waals surface area contributed by atoms with Gasteiger partial charge in [-0.25, -0.2) is 4.79 Å². The number of carbonyl (C=O) groups is 1. The van der Waals surface area contributed by atoms with Gasteiger partial charge in [0.15, 0.2) is 0 Å². The van der Waals surface area contributed by atoms with Gasteiger partial charge in [-0.15, -0.1) is 11.6 Å². The van der Waals surface area contributed by atoms with E-state index >= 15 is 0 Å². The zero-order chi connectivity index (χ0) is 10.6. The summed E-state index contributed by atoms with van der Waals surface area (Å²) in [7, 11) is 0. The van der Waals surface area contributed by atoms with Crippen LogP contribution in [0, 0.1) is 0 Å². The van der Waals surface area contributed by atoms with Crippen LogP contribution >= 0.6 is 11.6 Å². The molecule has 1 amide bonds. The number of nitrogens with two attached hydrogens (primary N) is 1. The summed E-state index contributed by atoms with van der Waals surface area (Å²) < 4.78 is 4.51. The summed E-state index contributed by atoms with van der Waals surface area (Å²) in [5.74, 6) is 0.572. The third-order valence-corrected chi connectivity index (χ3v) is 1.66. The minimum absolute atomic E-state index is 0.257. The minimum atomic E-state index is -0.736. The molecule has 4 heteroatoms. The van der Waals surface area contributed by atoms with Crippen LogP contribution in [0.2, 0.25) is 0 Å². The lowest BCUT2D eigenvalue weighted by Crippen LogP contribution is -2.12. The van der Waals surface area contributed by atoms with Crippen molar-refractivity contribution in [1.29, 1.82) is 0 Å². The molecule has 0 aliphatic rings. The second-order valence-electron chi connectivity index (χ2n) is 2.66. The van der Waals surface area contributed by atoms with E-state index in [1.165, 1.54) is 0 Å². The Bertz CT molecular complexity index is 202. The molecule has 0 rings (SSSR count). The molecule has 0 aromatic carbocycles. The lowest BCUT2D eigenvalue weighted by Gasteiger charge is -1.94. The average molecular weight is 218 g/mol. The Kier molecular flexibility index (Phi) is 9.43. The first-order valence-corrected chi connectivity index (χ1v) is 5.09. The Hall–Kier alpha value is -0.960. The highest BCUT2D eigenvalue weighted by molar-refractivity contribution is 6.18. The van der Waals surface area contributed by atoms with Crippen LogP contribution in [0.1, 0.15) is 19.3 Å². The molecule has 80 valence electrons. The Morgan fingerprint density at radius 1 is 1.21 bits per heavy atom. The van der Waals surface area contributed by atoms with Crippen LogP contribution in [0.15, 0.2) is 24.3 Å². The van der Waals surface area contributed by atoms with Crippen molar-refractivity contribution in [3.05, 3.63) is 24.3 Å². The molecule has 0 bridgehead atoms. The van der Waals surface area contributed by atoms with Gasteiger partial charge in [0, 0.05) is 5.88 Å². The maximum Gasteiger partial charge on any atom is 0.404 e. The van der Waals surface area contributed by atoms with Crippen LogP contribution in [0.5, 0.6) is 0 Å². The molecule has 3 nitrogen and oxygen atoms in total. The predicted molar refractivity (Wildman–Crippen MR) is 58.4 cm³/mol. The van der Waals surface area contributed by atoms with Crippen LogP contribution in [0.3, 0.4) is 0 Å². The minimum Gasteiger partial charge on any atom is -0.445 e. The molecule has 0 fully saturated rings. The molecule has 0 aliphatic heterocycles. The quantitative estimate of drug-likeness (QED) is 0.405. The van der Waals surface area contributed by atoms with Crippen molar-refractivity contribution < 1.29 is 9.53 Å². The van der Waals surface area contributed by atoms with Gasteiger partial charge in [0.05, 0.1) is 0 Å². The molecule has 0 saturated carbocycles. The number of unbranched alkanes of at least 4 members (excludes halogenated alkanes) is 2. The highest BCUT2D eigenvalue weighted by Crippen LogP contribution is 1.98. The normalized spacial score (nSPS) is 11.2. The van der Waals surface area contributed by atoms with E-state index in [4.69, 9.17) is 17.3 Å². The van der Waals surface area contributed by atoms with Gasteiger partial charge < -0.3 is 10.5 Å².